The molecule has 1 aromatic carbocycles. The molecule has 2 heterocycles. The van der Waals surface area contributed by atoms with Gasteiger partial charge in [-0.3, -0.25) is 10.1 Å². The van der Waals surface area contributed by atoms with Crippen molar-refractivity contribution in [3.05, 3.63) is 45.1 Å². The second-order valence-corrected chi connectivity index (χ2v) is 7.79. The molecule has 0 bridgehead atoms. The van der Waals surface area contributed by atoms with Crippen molar-refractivity contribution in [1.82, 2.24) is 10.6 Å². The number of benzene rings is 1. The van der Waals surface area contributed by atoms with Crippen LogP contribution in [0.15, 0.2) is 29.5 Å². The number of hydrogen-bond acceptors (Lipinski definition) is 7. The van der Waals surface area contributed by atoms with Gasteiger partial charge < -0.3 is 25.4 Å². The van der Waals surface area contributed by atoms with E-state index < -0.39 is 12.0 Å². The maximum atomic E-state index is 12.5. The van der Waals surface area contributed by atoms with Gasteiger partial charge in [-0.2, -0.15) is 0 Å². The first-order chi connectivity index (χ1) is 14.4. The Balaban J connectivity index is 1.65. The molecule has 10 heteroatoms. The van der Waals surface area contributed by atoms with Crippen LogP contribution in [0.1, 0.15) is 31.7 Å². The second kappa shape index (κ2) is 9.86. The number of esters is 1. The van der Waals surface area contributed by atoms with E-state index in [1.54, 1.807) is 19.1 Å². The van der Waals surface area contributed by atoms with E-state index >= 15 is 0 Å². The lowest BCUT2D eigenvalue weighted by Crippen LogP contribution is -2.51. The van der Waals surface area contributed by atoms with Crippen molar-refractivity contribution < 1.29 is 19.6 Å². The Morgan fingerprint density at radius 2 is 2.10 bits per heavy atom. The van der Waals surface area contributed by atoms with Gasteiger partial charge in [-0.1, -0.05) is 6.07 Å². The summed E-state index contributed by atoms with van der Waals surface area (Å²) in [7, 11) is 0. The molecule has 1 fully saturated rings. The first-order valence-corrected chi connectivity index (χ1v) is 10.4. The number of aliphatic hydroxyl groups is 1. The lowest BCUT2D eigenvalue weighted by atomic mass is 10.0. The Labute approximate surface area is 180 Å². The second-order valence-electron chi connectivity index (χ2n) is 7.39. The van der Waals surface area contributed by atoms with E-state index in [0.29, 0.717) is 22.9 Å². The molecule has 1 atom stereocenters. The smallest absolute Gasteiger partial charge is 0.337 e. The van der Waals surface area contributed by atoms with E-state index in [-0.39, 0.29) is 29.4 Å². The third-order valence-electron chi connectivity index (χ3n) is 5.32. The molecule has 2 aliphatic rings. The van der Waals surface area contributed by atoms with Crippen LogP contribution in [-0.4, -0.2) is 53.5 Å². The molecule has 0 aromatic heterocycles. The van der Waals surface area contributed by atoms with Crippen molar-refractivity contribution in [2.24, 2.45) is 0 Å². The molecule has 0 saturated carbocycles. The average molecular weight is 435 g/mol. The summed E-state index contributed by atoms with van der Waals surface area (Å²) in [4.78, 5) is 25.8. The number of carbonyl (C=O) groups is 1. The average Bonchev–Trinajstić information content (AvgIpc) is 2.73. The first-order valence-electron chi connectivity index (χ1n) is 9.99. The first kappa shape index (κ1) is 22.0. The maximum absolute atomic E-state index is 12.5. The quantitative estimate of drug-likeness (QED) is 0.255. The highest BCUT2D eigenvalue weighted by Crippen LogP contribution is 2.31. The van der Waals surface area contributed by atoms with E-state index in [9.17, 15) is 20.0 Å². The third-order valence-corrected chi connectivity index (χ3v) is 5.54. The van der Waals surface area contributed by atoms with E-state index in [1.807, 2.05) is 6.07 Å². The number of anilines is 1. The molecule has 0 radical (unpaired) electrons. The van der Waals surface area contributed by atoms with Crippen LogP contribution in [0.3, 0.4) is 0 Å². The summed E-state index contributed by atoms with van der Waals surface area (Å²) in [6.45, 7) is 3.11. The molecule has 3 rings (SSSR count). The Kier molecular flexibility index (Phi) is 7.22. The minimum Gasteiger partial charge on any atom is -0.462 e. The van der Waals surface area contributed by atoms with Gasteiger partial charge in [0.2, 0.25) is 0 Å². The van der Waals surface area contributed by atoms with Gasteiger partial charge in [0.05, 0.1) is 29.8 Å². The number of nitro benzene ring substituents is 1. The van der Waals surface area contributed by atoms with Crippen molar-refractivity contribution in [2.45, 2.75) is 38.6 Å². The fraction of sp³-hybridized carbons (Fsp3) is 0.500. The molecular weight excluding hydrogens is 408 g/mol. The zero-order valence-electron chi connectivity index (χ0n) is 16.8. The summed E-state index contributed by atoms with van der Waals surface area (Å²) in [6, 6.07) is 4.55. The summed E-state index contributed by atoms with van der Waals surface area (Å²) in [5, 5.41) is 27.1. The minimum absolute atomic E-state index is 0.0679. The molecule has 3 N–H and O–H groups in total. The summed E-state index contributed by atoms with van der Waals surface area (Å²) >= 11 is 5.03. The van der Waals surface area contributed by atoms with Crippen LogP contribution in [0.2, 0.25) is 0 Å². The number of nitro groups is 1. The fourth-order valence-electron chi connectivity index (χ4n) is 3.81. The highest BCUT2D eigenvalue weighted by molar-refractivity contribution is 7.80. The number of nitrogens with one attached hydrogen (secondary N) is 2. The monoisotopic (exact) mass is 434 g/mol. The molecule has 2 aliphatic heterocycles. The number of carbonyl (C=O) groups excluding carboxylic acids is 1. The van der Waals surface area contributed by atoms with Gasteiger partial charge in [0.15, 0.2) is 5.11 Å². The lowest BCUT2D eigenvalue weighted by Gasteiger charge is -2.28. The largest absolute Gasteiger partial charge is 0.462 e. The van der Waals surface area contributed by atoms with Crippen molar-refractivity contribution in [1.29, 1.82) is 0 Å². The van der Waals surface area contributed by atoms with Crippen LogP contribution < -0.4 is 15.5 Å². The van der Waals surface area contributed by atoms with Gasteiger partial charge in [0, 0.05) is 31.3 Å². The topological polar surface area (TPSA) is 117 Å². The SMILES string of the molecule is CC1=C(C(=O)OCCc2ccc(N3CCCCC3)c([N+](=O)[O-])c2)C(CO)NC(=S)N1. The summed E-state index contributed by atoms with van der Waals surface area (Å²) < 4.78 is 5.36. The molecule has 0 aliphatic carbocycles. The third kappa shape index (κ3) is 5.06. The normalized spacial score (nSPS) is 19.2. The predicted molar refractivity (Wildman–Crippen MR) is 116 cm³/mol. The van der Waals surface area contributed by atoms with Gasteiger partial charge >= 0.3 is 5.97 Å². The molecule has 0 amide bonds. The number of piperidine rings is 1. The summed E-state index contributed by atoms with van der Waals surface area (Å²) in [6.07, 6.45) is 3.57. The van der Waals surface area contributed by atoms with Gasteiger partial charge in [-0.15, -0.1) is 0 Å². The Morgan fingerprint density at radius 1 is 1.37 bits per heavy atom. The number of thiocarbonyl (C=S) groups is 1. The van der Waals surface area contributed by atoms with Crippen molar-refractivity contribution >= 4 is 34.7 Å². The summed E-state index contributed by atoms with van der Waals surface area (Å²) in [5.74, 6) is -0.562. The molecular formula is C20H26N4O5S. The molecule has 9 nitrogen and oxygen atoms in total. The Hall–Kier alpha value is -2.72. The number of nitrogens with zero attached hydrogens (tertiary/aromatic N) is 2. The molecule has 0 spiro atoms. The van der Waals surface area contributed by atoms with Crippen LogP contribution in [0.25, 0.3) is 0 Å². The minimum atomic E-state index is -0.629. The highest BCUT2D eigenvalue weighted by Gasteiger charge is 2.29. The molecule has 30 heavy (non-hydrogen) atoms. The highest BCUT2D eigenvalue weighted by atomic mass is 32.1. The van der Waals surface area contributed by atoms with Crippen molar-refractivity contribution in [3.8, 4) is 0 Å². The fourth-order valence-corrected chi connectivity index (χ4v) is 4.11. The number of allylic oxidation sites excluding steroid dienone is 1. The lowest BCUT2D eigenvalue weighted by molar-refractivity contribution is -0.384. The Bertz CT molecular complexity index is 867. The predicted octanol–water partition coefficient (Wildman–Crippen LogP) is 1.78. The van der Waals surface area contributed by atoms with E-state index in [4.69, 9.17) is 17.0 Å². The number of hydrogen-bond donors (Lipinski definition) is 3. The number of aliphatic hydroxyl groups excluding tert-OH is 1. The van der Waals surface area contributed by atoms with Gasteiger partial charge in [-0.05, 0) is 50.0 Å². The standard InChI is InChI=1S/C20H26N4O5S/c1-13-18(15(12-25)22-20(30)21-13)19(26)29-10-7-14-5-6-16(17(11-14)24(27)28)23-8-3-2-4-9-23/h5-6,11,15,25H,2-4,7-10,12H2,1H3,(H2,21,22,30). The molecule has 1 saturated heterocycles. The van der Waals surface area contributed by atoms with Gasteiger partial charge in [-0.25, -0.2) is 4.79 Å². The number of ether oxygens (including phenoxy) is 1. The number of rotatable bonds is 7. The van der Waals surface area contributed by atoms with Crippen LogP contribution in [0, 0.1) is 10.1 Å². The zero-order chi connectivity index (χ0) is 21.7. The van der Waals surface area contributed by atoms with Crippen LogP contribution in [-0.2, 0) is 16.0 Å². The zero-order valence-corrected chi connectivity index (χ0v) is 17.7. The van der Waals surface area contributed by atoms with Crippen molar-refractivity contribution in [3.63, 3.8) is 0 Å². The molecule has 162 valence electrons. The van der Waals surface area contributed by atoms with Crippen LogP contribution in [0.4, 0.5) is 11.4 Å². The van der Waals surface area contributed by atoms with Crippen molar-refractivity contribution in [2.75, 3.05) is 31.2 Å². The van der Waals surface area contributed by atoms with Crippen LogP contribution >= 0.6 is 12.2 Å². The van der Waals surface area contributed by atoms with Gasteiger partial charge in [0.25, 0.3) is 5.69 Å². The van der Waals surface area contributed by atoms with E-state index in [0.717, 1.165) is 37.9 Å². The van der Waals surface area contributed by atoms with E-state index in [1.165, 1.54) is 0 Å². The Morgan fingerprint density at radius 3 is 2.77 bits per heavy atom. The van der Waals surface area contributed by atoms with Crippen LogP contribution in [0.5, 0.6) is 0 Å². The summed E-state index contributed by atoms with van der Waals surface area (Å²) in [5.41, 5.74) is 2.26. The maximum Gasteiger partial charge on any atom is 0.337 e. The molecule has 1 unspecified atom stereocenters. The van der Waals surface area contributed by atoms with E-state index in [2.05, 4.69) is 15.5 Å². The molecule has 1 aromatic rings. The van der Waals surface area contributed by atoms with Gasteiger partial charge in [0.1, 0.15) is 5.69 Å².